The molecule has 5 nitrogen and oxygen atoms in total. The minimum absolute atomic E-state index is 0.0146. The molecule has 0 aliphatic rings. The van der Waals surface area contributed by atoms with Crippen LogP contribution in [0.15, 0.2) is 54.6 Å². The molecule has 1 heterocycles. The highest BCUT2D eigenvalue weighted by Gasteiger charge is 2.08. The summed E-state index contributed by atoms with van der Waals surface area (Å²) in [6, 6.07) is 16.9. The number of esters is 1. The number of hydrogen-bond donors (Lipinski definition) is 1. The van der Waals surface area contributed by atoms with E-state index in [1.165, 1.54) is 0 Å². The molecule has 1 aromatic heterocycles. The smallest absolute Gasteiger partial charge is 0.310 e. The van der Waals surface area contributed by atoms with Crippen molar-refractivity contribution < 1.29 is 9.53 Å². The number of aromatic nitrogens is 2. The Bertz CT molecular complexity index is 803. The van der Waals surface area contributed by atoms with Crippen LogP contribution >= 0.6 is 0 Å². The van der Waals surface area contributed by atoms with Crippen LogP contribution in [0.2, 0.25) is 0 Å². The van der Waals surface area contributed by atoms with Gasteiger partial charge in [-0.2, -0.15) is 0 Å². The van der Waals surface area contributed by atoms with Crippen LogP contribution in [0.5, 0.6) is 0 Å². The van der Waals surface area contributed by atoms with Gasteiger partial charge in [-0.25, -0.2) is 9.97 Å². The van der Waals surface area contributed by atoms with E-state index in [-0.39, 0.29) is 19.0 Å². The van der Waals surface area contributed by atoms with Crippen LogP contribution in [0, 0.1) is 0 Å². The minimum Gasteiger partial charge on any atom is -0.457 e. The van der Waals surface area contributed by atoms with Crippen molar-refractivity contribution in [1.29, 1.82) is 0 Å². The van der Waals surface area contributed by atoms with E-state index in [1.54, 1.807) is 0 Å². The van der Waals surface area contributed by atoms with Crippen molar-refractivity contribution in [1.82, 2.24) is 9.97 Å². The highest BCUT2D eigenvalue weighted by molar-refractivity contribution is 5.87. The predicted molar refractivity (Wildman–Crippen MR) is 83.9 cm³/mol. The fraction of sp³-hybridized carbons (Fsp3) is 0.118. The van der Waals surface area contributed by atoms with E-state index in [2.05, 4.69) is 9.97 Å². The van der Waals surface area contributed by atoms with Gasteiger partial charge < -0.3 is 10.5 Å². The first-order valence-electron chi connectivity index (χ1n) is 6.93. The number of ether oxygens (including phenoxy) is 1. The number of benzene rings is 2. The van der Waals surface area contributed by atoms with Crippen LogP contribution in [0.1, 0.15) is 11.4 Å². The van der Waals surface area contributed by atoms with Gasteiger partial charge in [0.2, 0.25) is 0 Å². The third-order valence-electron chi connectivity index (χ3n) is 3.23. The number of fused-ring (bicyclic) bond motifs is 1. The maximum atomic E-state index is 11.8. The fourth-order valence-corrected chi connectivity index (χ4v) is 2.17. The molecule has 2 aromatic carbocycles. The van der Waals surface area contributed by atoms with Gasteiger partial charge in [0.1, 0.15) is 5.82 Å². The Labute approximate surface area is 127 Å². The lowest BCUT2D eigenvalue weighted by Gasteiger charge is -2.06. The first-order valence-corrected chi connectivity index (χ1v) is 6.93. The lowest BCUT2D eigenvalue weighted by Crippen LogP contribution is -2.10. The Kier molecular flexibility index (Phi) is 3.96. The van der Waals surface area contributed by atoms with Gasteiger partial charge in [0, 0.05) is 5.39 Å². The number of hydrogen-bond acceptors (Lipinski definition) is 5. The zero-order valence-electron chi connectivity index (χ0n) is 11.9. The monoisotopic (exact) mass is 293 g/mol. The van der Waals surface area contributed by atoms with E-state index in [1.807, 2.05) is 54.6 Å². The number of rotatable bonds is 4. The number of anilines is 1. The molecule has 0 spiro atoms. The Morgan fingerprint density at radius 3 is 2.55 bits per heavy atom. The van der Waals surface area contributed by atoms with Gasteiger partial charge in [0.25, 0.3) is 0 Å². The topological polar surface area (TPSA) is 78.1 Å². The average molecular weight is 293 g/mol. The molecule has 0 amide bonds. The highest BCUT2D eigenvalue weighted by Crippen LogP contribution is 2.17. The van der Waals surface area contributed by atoms with E-state index < -0.39 is 0 Å². The molecule has 0 aliphatic carbocycles. The van der Waals surface area contributed by atoms with E-state index >= 15 is 0 Å². The molecule has 2 N–H and O–H groups in total. The van der Waals surface area contributed by atoms with Gasteiger partial charge in [0.15, 0.2) is 12.4 Å². The lowest BCUT2D eigenvalue weighted by molar-refractivity contribution is -0.144. The SMILES string of the molecule is Nc1nc(COC(=O)Cc2ccccc2)nc2ccccc12. The maximum absolute atomic E-state index is 11.8. The number of carbonyl (C=O) groups is 1. The molecule has 0 radical (unpaired) electrons. The Hall–Kier alpha value is -2.95. The second kappa shape index (κ2) is 6.22. The van der Waals surface area contributed by atoms with Crippen molar-refractivity contribution >= 4 is 22.7 Å². The number of para-hydroxylation sites is 1. The number of carbonyl (C=O) groups excluding carboxylic acids is 1. The molecule has 0 atom stereocenters. The van der Waals surface area contributed by atoms with Crippen molar-refractivity contribution in [2.75, 3.05) is 5.73 Å². The third-order valence-corrected chi connectivity index (χ3v) is 3.23. The number of nitrogens with two attached hydrogens (primary N) is 1. The van der Waals surface area contributed by atoms with Crippen LogP contribution in [0.4, 0.5) is 5.82 Å². The predicted octanol–water partition coefficient (Wildman–Crippen LogP) is 2.50. The summed E-state index contributed by atoms with van der Waals surface area (Å²) < 4.78 is 5.22. The molecule has 22 heavy (non-hydrogen) atoms. The largest absolute Gasteiger partial charge is 0.457 e. The maximum Gasteiger partial charge on any atom is 0.310 e. The molecule has 0 unspecified atom stereocenters. The van der Waals surface area contributed by atoms with Crippen molar-refractivity contribution in [3.8, 4) is 0 Å². The zero-order valence-corrected chi connectivity index (χ0v) is 11.9. The van der Waals surface area contributed by atoms with Crippen LogP contribution in [-0.2, 0) is 22.6 Å². The molecule has 3 aromatic rings. The van der Waals surface area contributed by atoms with Gasteiger partial charge in [-0.1, -0.05) is 42.5 Å². The van der Waals surface area contributed by atoms with Crippen LogP contribution in [0.3, 0.4) is 0 Å². The summed E-state index contributed by atoms with van der Waals surface area (Å²) in [5, 5.41) is 0.793. The molecule has 0 aliphatic heterocycles. The molecule has 0 fully saturated rings. The quantitative estimate of drug-likeness (QED) is 0.748. The van der Waals surface area contributed by atoms with E-state index in [4.69, 9.17) is 10.5 Å². The average Bonchev–Trinajstić information content (AvgIpc) is 2.54. The summed E-state index contributed by atoms with van der Waals surface area (Å²) in [7, 11) is 0. The van der Waals surface area contributed by atoms with Crippen LogP contribution < -0.4 is 5.73 Å². The fourth-order valence-electron chi connectivity index (χ4n) is 2.17. The molecule has 110 valence electrons. The van der Waals surface area contributed by atoms with E-state index in [0.717, 1.165) is 16.5 Å². The molecular formula is C17H15N3O2. The van der Waals surface area contributed by atoms with E-state index in [0.29, 0.717) is 11.6 Å². The summed E-state index contributed by atoms with van der Waals surface area (Å²) in [4.78, 5) is 20.3. The van der Waals surface area contributed by atoms with Gasteiger partial charge >= 0.3 is 5.97 Å². The molecule has 5 heteroatoms. The summed E-state index contributed by atoms with van der Waals surface area (Å²) in [5.74, 6) is 0.471. The summed E-state index contributed by atoms with van der Waals surface area (Å²) in [6.45, 7) is 0.0146. The van der Waals surface area contributed by atoms with Crippen LogP contribution in [0.25, 0.3) is 10.9 Å². The lowest BCUT2D eigenvalue weighted by atomic mass is 10.2. The van der Waals surface area contributed by atoms with Crippen molar-refractivity contribution in [3.63, 3.8) is 0 Å². The molecule has 0 saturated heterocycles. The minimum atomic E-state index is -0.318. The van der Waals surface area contributed by atoms with Crippen molar-refractivity contribution in [3.05, 3.63) is 66.0 Å². The van der Waals surface area contributed by atoms with Crippen LogP contribution in [-0.4, -0.2) is 15.9 Å². The first-order chi connectivity index (χ1) is 10.7. The summed E-state index contributed by atoms with van der Waals surface area (Å²) in [6.07, 6.45) is 0.226. The van der Waals surface area contributed by atoms with Gasteiger partial charge in [-0.05, 0) is 17.7 Å². The second-order valence-electron chi connectivity index (χ2n) is 4.87. The number of nitrogen functional groups attached to an aromatic ring is 1. The highest BCUT2D eigenvalue weighted by atomic mass is 16.5. The molecule has 0 saturated carbocycles. The standard InChI is InChI=1S/C17H15N3O2/c18-17-13-8-4-5-9-14(13)19-15(20-17)11-22-16(21)10-12-6-2-1-3-7-12/h1-9H,10-11H2,(H2,18,19,20). The second-order valence-corrected chi connectivity index (χ2v) is 4.87. The zero-order chi connectivity index (χ0) is 15.4. The third kappa shape index (κ3) is 3.20. The molecule has 0 bridgehead atoms. The van der Waals surface area contributed by atoms with Crippen molar-refractivity contribution in [2.24, 2.45) is 0 Å². The summed E-state index contributed by atoms with van der Waals surface area (Å²) in [5.41, 5.74) is 7.54. The Morgan fingerprint density at radius 1 is 1.00 bits per heavy atom. The molecule has 3 rings (SSSR count). The van der Waals surface area contributed by atoms with Gasteiger partial charge in [-0.15, -0.1) is 0 Å². The van der Waals surface area contributed by atoms with Gasteiger partial charge in [0.05, 0.1) is 11.9 Å². The van der Waals surface area contributed by atoms with Gasteiger partial charge in [-0.3, -0.25) is 4.79 Å². The molecular weight excluding hydrogens is 278 g/mol. The number of nitrogens with zero attached hydrogens (tertiary/aromatic N) is 2. The first kappa shape index (κ1) is 14.0. The normalized spacial score (nSPS) is 10.5. The Morgan fingerprint density at radius 2 is 1.73 bits per heavy atom. The Balaban J connectivity index is 1.67. The summed E-state index contributed by atoms with van der Waals surface area (Å²) >= 11 is 0. The van der Waals surface area contributed by atoms with E-state index in [9.17, 15) is 4.79 Å². The van der Waals surface area contributed by atoms with Crippen molar-refractivity contribution in [2.45, 2.75) is 13.0 Å².